The van der Waals surface area contributed by atoms with Gasteiger partial charge in [-0.05, 0) is 84.9 Å². The van der Waals surface area contributed by atoms with Gasteiger partial charge in [-0.15, -0.1) is 0 Å². The SMILES string of the molecule is COc1ccc(NS(=O)(=O)c2ccc(NC(=O)c3ccc(OCCOc4ccccc4)cc3)cc2)cc1. The molecule has 0 unspecified atom stereocenters. The van der Waals surface area contributed by atoms with Crippen molar-refractivity contribution in [2.75, 3.05) is 30.4 Å². The van der Waals surface area contributed by atoms with Crippen LogP contribution in [0.3, 0.4) is 0 Å². The summed E-state index contributed by atoms with van der Waals surface area (Å²) in [6, 6.07) is 28.7. The first-order valence-corrected chi connectivity index (χ1v) is 12.9. The van der Waals surface area contributed by atoms with E-state index in [-0.39, 0.29) is 10.8 Å². The second-order valence-electron chi connectivity index (χ2n) is 7.85. The molecule has 37 heavy (non-hydrogen) atoms. The van der Waals surface area contributed by atoms with Gasteiger partial charge in [-0.25, -0.2) is 8.42 Å². The zero-order chi connectivity index (χ0) is 26.1. The van der Waals surface area contributed by atoms with Crippen LogP contribution in [0.25, 0.3) is 0 Å². The molecule has 2 N–H and O–H groups in total. The number of sulfonamides is 1. The highest BCUT2D eigenvalue weighted by atomic mass is 32.2. The van der Waals surface area contributed by atoms with E-state index >= 15 is 0 Å². The van der Waals surface area contributed by atoms with Gasteiger partial charge in [-0.2, -0.15) is 0 Å². The van der Waals surface area contributed by atoms with E-state index in [0.717, 1.165) is 5.75 Å². The van der Waals surface area contributed by atoms with Crippen molar-refractivity contribution in [1.29, 1.82) is 0 Å². The van der Waals surface area contributed by atoms with Crippen molar-refractivity contribution in [1.82, 2.24) is 0 Å². The number of anilines is 2. The maximum absolute atomic E-state index is 12.7. The van der Waals surface area contributed by atoms with Gasteiger partial charge in [0, 0.05) is 16.9 Å². The maximum atomic E-state index is 12.7. The lowest BCUT2D eigenvalue weighted by Gasteiger charge is -2.11. The number of rotatable bonds is 11. The van der Waals surface area contributed by atoms with Crippen molar-refractivity contribution in [3.05, 3.63) is 109 Å². The van der Waals surface area contributed by atoms with Crippen LogP contribution in [-0.2, 0) is 10.0 Å². The Morgan fingerprint density at radius 3 is 1.81 bits per heavy atom. The molecule has 0 aliphatic heterocycles. The van der Waals surface area contributed by atoms with Crippen molar-refractivity contribution in [3.8, 4) is 17.2 Å². The van der Waals surface area contributed by atoms with Crippen LogP contribution in [0.15, 0.2) is 108 Å². The molecule has 0 heterocycles. The van der Waals surface area contributed by atoms with Gasteiger partial charge in [-0.3, -0.25) is 9.52 Å². The Morgan fingerprint density at radius 2 is 1.22 bits per heavy atom. The zero-order valence-electron chi connectivity index (χ0n) is 20.1. The summed E-state index contributed by atoms with van der Waals surface area (Å²) in [6.45, 7) is 0.761. The number of nitrogens with one attached hydrogen (secondary N) is 2. The fourth-order valence-corrected chi connectivity index (χ4v) is 4.39. The van der Waals surface area contributed by atoms with Crippen LogP contribution < -0.4 is 24.2 Å². The molecular weight excluding hydrogens is 492 g/mol. The summed E-state index contributed by atoms with van der Waals surface area (Å²) in [6.07, 6.45) is 0. The quantitative estimate of drug-likeness (QED) is 0.264. The number of methoxy groups -OCH3 is 1. The van der Waals surface area contributed by atoms with Crippen LogP contribution in [0, 0.1) is 0 Å². The number of carbonyl (C=O) groups excluding carboxylic acids is 1. The van der Waals surface area contributed by atoms with Crippen molar-refractivity contribution >= 4 is 27.3 Å². The number of hydrogen-bond acceptors (Lipinski definition) is 6. The molecule has 0 aromatic heterocycles. The highest BCUT2D eigenvalue weighted by Crippen LogP contribution is 2.21. The smallest absolute Gasteiger partial charge is 0.261 e. The molecule has 0 bridgehead atoms. The monoisotopic (exact) mass is 518 g/mol. The maximum Gasteiger partial charge on any atom is 0.261 e. The van der Waals surface area contributed by atoms with Crippen LogP contribution in [0.5, 0.6) is 17.2 Å². The first kappa shape index (κ1) is 25.6. The number of ether oxygens (including phenoxy) is 3. The molecule has 0 aliphatic rings. The van der Waals surface area contributed by atoms with Crippen LogP contribution in [-0.4, -0.2) is 34.6 Å². The molecule has 0 fully saturated rings. The number of amides is 1. The van der Waals surface area contributed by atoms with Crippen molar-refractivity contribution < 1.29 is 27.4 Å². The average molecular weight is 519 g/mol. The van der Waals surface area contributed by atoms with Crippen molar-refractivity contribution in [2.45, 2.75) is 4.90 Å². The molecule has 0 atom stereocenters. The van der Waals surface area contributed by atoms with Crippen molar-refractivity contribution in [3.63, 3.8) is 0 Å². The first-order valence-electron chi connectivity index (χ1n) is 11.4. The van der Waals surface area contributed by atoms with E-state index < -0.39 is 10.0 Å². The number of carbonyl (C=O) groups is 1. The average Bonchev–Trinajstić information content (AvgIpc) is 2.92. The van der Waals surface area contributed by atoms with Crippen LogP contribution >= 0.6 is 0 Å². The summed E-state index contributed by atoms with van der Waals surface area (Å²) >= 11 is 0. The van der Waals surface area contributed by atoms with Gasteiger partial charge < -0.3 is 19.5 Å². The molecule has 9 heteroatoms. The topological polar surface area (TPSA) is 103 Å². The van der Waals surface area contributed by atoms with Gasteiger partial charge in [0.25, 0.3) is 15.9 Å². The minimum absolute atomic E-state index is 0.0686. The van der Waals surface area contributed by atoms with Gasteiger partial charge in [0.15, 0.2) is 0 Å². The van der Waals surface area contributed by atoms with Gasteiger partial charge >= 0.3 is 0 Å². The fraction of sp³-hybridized carbons (Fsp3) is 0.107. The highest BCUT2D eigenvalue weighted by Gasteiger charge is 2.15. The molecule has 1 amide bonds. The molecule has 4 aromatic carbocycles. The van der Waals surface area contributed by atoms with E-state index in [0.29, 0.717) is 41.7 Å². The molecule has 0 spiro atoms. The third-order valence-electron chi connectivity index (χ3n) is 5.25. The molecule has 0 saturated heterocycles. The van der Waals surface area contributed by atoms with Gasteiger partial charge in [-0.1, -0.05) is 18.2 Å². The number of benzene rings is 4. The van der Waals surface area contributed by atoms with Gasteiger partial charge in [0.2, 0.25) is 0 Å². The Hall–Kier alpha value is -4.50. The molecule has 0 aliphatic carbocycles. The Balaban J connectivity index is 1.28. The third-order valence-corrected chi connectivity index (χ3v) is 6.64. The summed E-state index contributed by atoms with van der Waals surface area (Å²) < 4.78 is 44.2. The normalized spacial score (nSPS) is 10.8. The minimum atomic E-state index is -3.79. The second-order valence-corrected chi connectivity index (χ2v) is 9.53. The predicted octanol–water partition coefficient (Wildman–Crippen LogP) is 5.21. The van der Waals surface area contributed by atoms with E-state index in [9.17, 15) is 13.2 Å². The lowest BCUT2D eigenvalue weighted by Crippen LogP contribution is -2.14. The molecule has 190 valence electrons. The molecule has 4 aromatic rings. The van der Waals surface area contributed by atoms with Crippen LogP contribution in [0.2, 0.25) is 0 Å². The van der Waals surface area contributed by atoms with E-state index in [4.69, 9.17) is 14.2 Å². The molecule has 0 radical (unpaired) electrons. The van der Waals surface area contributed by atoms with Crippen molar-refractivity contribution in [2.24, 2.45) is 0 Å². The zero-order valence-corrected chi connectivity index (χ0v) is 20.9. The standard InChI is InChI=1S/C28H26N2O6S/c1-34-24-15-9-23(10-16-24)30-37(32,33)27-17-11-22(12-18-27)29-28(31)21-7-13-26(14-8-21)36-20-19-35-25-5-3-2-4-6-25/h2-18,30H,19-20H2,1H3,(H,29,31). The predicted molar refractivity (Wildman–Crippen MR) is 142 cm³/mol. The Kier molecular flexibility index (Phi) is 8.27. The largest absolute Gasteiger partial charge is 0.497 e. The molecule has 4 rings (SSSR count). The number of para-hydroxylation sites is 1. The Bertz CT molecular complexity index is 1410. The minimum Gasteiger partial charge on any atom is -0.497 e. The van der Waals surface area contributed by atoms with E-state index in [2.05, 4.69) is 10.0 Å². The summed E-state index contributed by atoms with van der Waals surface area (Å²) in [4.78, 5) is 12.7. The molecule has 0 saturated carbocycles. The van der Waals surface area contributed by atoms with E-state index in [1.54, 1.807) is 48.5 Å². The van der Waals surface area contributed by atoms with Gasteiger partial charge in [0.1, 0.15) is 30.5 Å². The van der Waals surface area contributed by atoms with Gasteiger partial charge in [0.05, 0.1) is 12.0 Å². The highest BCUT2D eigenvalue weighted by molar-refractivity contribution is 7.92. The lowest BCUT2D eigenvalue weighted by atomic mass is 10.2. The summed E-state index contributed by atoms with van der Waals surface area (Å²) in [7, 11) is -2.25. The number of hydrogen-bond donors (Lipinski definition) is 2. The summed E-state index contributed by atoms with van der Waals surface area (Å²) in [5.41, 5.74) is 1.31. The fourth-order valence-electron chi connectivity index (χ4n) is 3.33. The molecule has 8 nitrogen and oxygen atoms in total. The molecular formula is C28H26N2O6S. The first-order chi connectivity index (χ1) is 17.9. The Morgan fingerprint density at radius 1 is 0.676 bits per heavy atom. The Labute approximate surface area is 215 Å². The van der Waals surface area contributed by atoms with Crippen LogP contribution in [0.4, 0.5) is 11.4 Å². The van der Waals surface area contributed by atoms with E-state index in [1.165, 1.54) is 31.4 Å². The third kappa shape index (κ3) is 7.25. The summed E-state index contributed by atoms with van der Waals surface area (Å²) in [5, 5.41) is 2.76. The lowest BCUT2D eigenvalue weighted by molar-refractivity contribution is 0.102. The van der Waals surface area contributed by atoms with E-state index in [1.807, 2.05) is 30.3 Å². The summed E-state index contributed by atoms with van der Waals surface area (Å²) in [5.74, 6) is 1.69. The second kappa shape index (κ2) is 12.0. The van der Waals surface area contributed by atoms with Crippen LogP contribution in [0.1, 0.15) is 10.4 Å².